The Bertz CT molecular complexity index is 669. The molecule has 2 aromatic carbocycles. The highest BCUT2D eigenvalue weighted by atomic mass is 16.3. The van der Waals surface area contributed by atoms with Crippen LogP contribution in [-0.4, -0.2) is 6.54 Å². The smallest absolute Gasteiger partial charge is 0.135 e. The van der Waals surface area contributed by atoms with Crippen LogP contribution in [0.5, 0.6) is 0 Å². The maximum absolute atomic E-state index is 5.81. The van der Waals surface area contributed by atoms with Crippen molar-refractivity contribution >= 4 is 27.6 Å². The van der Waals surface area contributed by atoms with Gasteiger partial charge in [0.1, 0.15) is 11.2 Å². The molecule has 2 nitrogen and oxygen atoms in total. The largest absolute Gasteiger partial charge is 0.456 e. The molecular formula is C16H17NO. The van der Waals surface area contributed by atoms with E-state index in [2.05, 4.69) is 36.5 Å². The van der Waals surface area contributed by atoms with Crippen LogP contribution in [-0.2, 0) is 0 Å². The third kappa shape index (κ3) is 1.94. The van der Waals surface area contributed by atoms with E-state index in [-0.39, 0.29) is 0 Å². The topological polar surface area (TPSA) is 25.2 Å². The van der Waals surface area contributed by atoms with Crippen LogP contribution in [0.1, 0.15) is 19.8 Å². The molecular weight excluding hydrogens is 222 g/mol. The second-order valence-corrected chi connectivity index (χ2v) is 4.59. The molecule has 2 heteroatoms. The Morgan fingerprint density at radius 3 is 2.72 bits per heavy atom. The van der Waals surface area contributed by atoms with E-state index in [4.69, 9.17) is 4.42 Å². The zero-order valence-electron chi connectivity index (χ0n) is 10.6. The van der Waals surface area contributed by atoms with Gasteiger partial charge in [0.25, 0.3) is 0 Å². The van der Waals surface area contributed by atoms with E-state index in [9.17, 15) is 0 Å². The van der Waals surface area contributed by atoms with Gasteiger partial charge in [0.2, 0.25) is 0 Å². The minimum absolute atomic E-state index is 0.956. The second-order valence-electron chi connectivity index (χ2n) is 4.59. The number of furan rings is 1. The number of fused-ring (bicyclic) bond motifs is 3. The van der Waals surface area contributed by atoms with Crippen molar-refractivity contribution in [3.8, 4) is 0 Å². The lowest BCUT2D eigenvalue weighted by Gasteiger charge is -2.04. The van der Waals surface area contributed by atoms with E-state index in [1.54, 1.807) is 0 Å². The molecule has 1 N–H and O–H groups in total. The van der Waals surface area contributed by atoms with E-state index in [0.29, 0.717) is 0 Å². The minimum Gasteiger partial charge on any atom is -0.456 e. The Morgan fingerprint density at radius 1 is 1.00 bits per heavy atom. The highest BCUT2D eigenvalue weighted by Gasteiger charge is 2.06. The zero-order chi connectivity index (χ0) is 12.4. The fraction of sp³-hybridized carbons (Fsp3) is 0.250. The summed E-state index contributed by atoms with van der Waals surface area (Å²) < 4.78 is 5.81. The van der Waals surface area contributed by atoms with Crippen molar-refractivity contribution in [3.63, 3.8) is 0 Å². The van der Waals surface area contributed by atoms with Gasteiger partial charge in [-0.25, -0.2) is 0 Å². The molecule has 0 saturated carbocycles. The molecule has 1 aromatic heterocycles. The molecule has 0 aliphatic heterocycles. The lowest BCUT2D eigenvalue weighted by Crippen LogP contribution is -2.00. The van der Waals surface area contributed by atoms with Crippen molar-refractivity contribution in [2.45, 2.75) is 19.8 Å². The highest BCUT2D eigenvalue weighted by molar-refractivity contribution is 6.05. The van der Waals surface area contributed by atoms with E-state index in [1.807, 2.05) is 18.2 Å². The van der Waals surface area contributed by atoms with Crippen LogP contribution in [0.2, 0.25) is 0 Å². The predicted molar refractivity (Wildman–Crippen MR) is 77.1 cm³/mol. The van der Waals surface area contributed by atoms with Gasteiger partial charge >= 0.3 is 0 Å². The molecule has 0 saturated heterocycles. The number of nitrogens with one attached hydrogen (secondary N) is 1. The lowest BCUT2D eigenvalue weighted by molar-refractivity contribution is 0.669. The summed E-state index contributed by atoms with van der Waals surface area (Å²) in [7, 11) is 0. The van der Waals surface area contributed by atoms with Crippen LogP contribution in [0.15, 0.2) is 46.9 Å². The highest BCUT2D eigenvalue weighted by Crippen LogP contribution is 2.30. The Labute approximate surface area is 107 Å². The fourth-order valence-corrected chi connectivity index (χ4v) is 2.25. The number of rotatable bonds is 4. The normalized spacial score (nSPS) is 11.2. The van der Waals surface area contributed by atoms with E-state index >= 15 is 0 Å². The molecule has 0 amide bonds. The van der Waals surface area contributed by atoms with Gasteiger partial charge in [0.05, 0.1) is 0 Å². The van der Waals surface area contributed by atoms with Gasteiger partial charge < -0.3 is 9.73 Å². The molecule has 18 heavy (non-hydrogen) atoms. The Kier molecular flexibility index (Phi) is 2.93. The van der Waals surface area contributed by atoms with Gasteiger partial charge in [-0.2, -0.15) is 0 Å². The maximum Gasteiger partial charge on any atom is 0.135 e. The van der Waals surface area contributed by atoms with Gasteiger partial charge in [-0.05, 0) is 30.7 Å². The molecule has 3 aromatic rings. The molecule has 0 atom stereocenters. The number of para-hydroxylation sites is 1. The summed E-state index contributed by atoms with van der Waals surface area (Å²) in [4.78, 5) is 0. The molecule has 1 heterocycles. The summed E-state index contributed by atoms with van der Waals surface area (Å²) in [5.41, 5.74) is 3.08. The number of hydrogen-bond acceptors (Lipinski definition) is 2. The average molecular weight is 239 g/mol. The number of benzene rings is 2. The molecule has 0 fully saturated rings. The molecule has 0 bridgehead atoms. The number of hydrogen-bond donors (Lipinski definition) is 1. The Morgan fingerprint density at radius 2 is 1.83 bits per heavy atom. The first-order chi connectivity index (χ1) is 8.88. The number of unbranched alkanes of at least 4 members (excludes halogenated alkanes) is 1. The first-order valence-corrected chi connectivity index (χ1v) is 6.53. The molecule has 0 spiro atoms. The quantitative estimate of drug-likeness (QED) is 0.662. The van der Waals surface area contributed by atoms with Gasteiger partial charge in [0, 0.05) is 23.0 Å². The Balaban J connectivity index is 2.02. The van der Waals surface area contributed by atoms with Crippen molar-refractivity contribution in [1.82, 2.24) is 0 Å². The first-order valence-electron chi connectivity index (χ1n) is 6.53. The van der Waals surface area contributed by atoms with Crippen molar-refractivity contribution in [3.05, 3.63) is 42.5 Å². The van der Waals surface area contributed by atoms with Crippen LogP contribution in [0, 0.1) is 0 Å². The zero-order valence-corrected chi connectivity index (χ0v) is 10.6. The van der Waals surface area contributed by atoms with Gasteiger partial charge in [0.15, 0.2) is 0 Å². The molecule has 0 aliphatic rings. The monoisotopic (exact) mass is 239 g/mol. The van der Waals surface area contributed by atoms with Crippen LogP contribution < -0.4 is 5.32 Å². The second kappa shape index (κ2) is 4.73. The maximum atomic E-state index is 5.81. The number of anilines is 1. The van der Waals surface area contributed by atoms with Crippen molar-refractivity contribution in [1.29, 1.82) is 0 Å². The minimum atomic E-state index is 0.956. The van der Waals surface area contributed by atoms with Crippen molar-refractivity contribution in [2.24, 2.45) is 0 Å². The van der Waals surface area contributed by atoms with Gasteiger partial charge in [-0.3, -0.25) is 0 Å². The van der Waals surface area contributed by atoms with Crippen molar-refractivity contribution < 1.29 is 4.42 Å². The van der Waals surface area contributed by atoms with Crippen LogP contribution >= 0.6 is 0 Å². The molecule has 0 unspecified atom stereocenters. The summed E-state index contributed by atoms with van der Waals surface area (Å²) in [5.74, 6) is 0. The van der Waals surface area contributed by atoms with Crippen LogP contribution in [0.4, 0.5) is 5.69 Å². The van der Waals surface area contributed by atoms with E-state index < -0.39 is 0 Å². The summed E-state index contributed by atoms with van der Waals surface area (Å²) in [5, 5.41) is 5.82. The Hall–Kier alpha value is -1.96. The lowest BCUT2D eigenvalue weighted by atomic mass is 10.1. The standard InChI is InChI=1S/C16H17NO/c1-2-3-10-17-12-8-9-16-14(11-12)13-6-4-5-7-15(13)18-16/h4-9,11,17H,2-3,10H2,1H3. The van der Waals surface area contributed by atoms with Crippen LogP contribution in [0.25, 0.3) is 21.9 Å². The van der Waals surface area contributed by atoms with Gasteiger partial charge in [-0.1, -0.05) is 31.5 Å². The molecule has 3 rings (SSSR count). The fourth-order valence-electron chi connectivity index (χ4n) is 2.25. The summed E-state index contributed by atoms with van der Waals surface area (Å²) >= 11 is 0. The van der Waals surface area contributed by atoms with E-state index in [1.165, 1.54) is 29.3 Å². The summed E-state index contributed by atoms with van der Waals surface area (Å²) in [6.07, 6.45) is 2.41. The summed E-state index contributed by atoms with van der Waals surface area (Å²) in [6, 6.07) is 14.5. The van der Waals surface area contributed by atoms with Gasteiger partial charge in [-0.15, -0.1) is 0 Å². The first kappa shape index (κ1) is 11.1. The molecule has 0 aliphatic carbocycles. The van der Waals surface area contributed by atoms with Crippen molar-refractivity contribution in [2.75, 3.05) is 11.9 Å². The van der Waals surface area contributed by atoms with E-state index in [0.717, 1.165) is 17.7 Å². The SMILES string of the molecule is CCCCNc1ccc2oc3ccccc3c2c1. The third-order valence-corrected chi connectivity index (χ3v) is 3.24. The summed E-state index contributed by atoms with van der Waals surface area (Å²) in [6.45, 7) is 3.23. The van der Waals surface area contributed by atoms with Crippen LogP contribution in [0.3, 0.4) is 0 Å². The average Bonchev–Trinajstić information content (AvgIpc) is 2.77. The molecule has 92 valence electrons. The molecule has 0 radical (unpaired) electrons. The third-order valence-electron chi connectivity index (χ3n) is 3.24. The predicted octanol–water partition coefficient (Wildman–Crippen LogP) is 4.80.